The fourth-order valence-corrected chi connectivity index (χ4v) is 4.68. The number of carboxylic acids is 1. The number of ether oxygens (including phenoxy) is 1. The summed E-state index contributed by atoms with van der Waals surface area (Å²) in [7, 11) is 0. The van der Waals surface area contributed by atoms with Crippen LogP contribution in [0.15, 0.2) is 35.5 Å². The number of hydrogen-bond acceptors (Lipinski definition) is 6. The SMILES string of the molecule is CC1=C(C(=O)O)N2C(=O)C(NC(=O)Cc3ccccc3NC(=O)OC(C)(C)C)[C@H]2SC1. The molecule has 1 aromatic rings. The van der Waals surface area contributed by atoms with Crippen LogP contribution >= 0.6 is 11.8 Å². The van der Waals surface area contributed by atoms with Crippen molar-refractivity contribution in [1.29, 1.82) is 0 Å². The van der Waals surface area contributed by atoms with Crippen molar-refractivity contribution in [2.24, 2.45) is 0 Å². The molecular weight excluding hydrogens is 422 g/mol. The molecule has 2 heterocycles. The van der Waals surface area contributed by atoms with E-state index in [2.05, 4.69) is 10.6 Å². The van der Waals surface area contributed by atoms with Gasteiger partial charge in [0, 0.05) is 11.4 Å². The Bertz CT molecular complexity index is 968. The number of nitrogens with one attached hydrogen (secondary N) is 2. The number of para-hydroxylation sites is 1. The van der Waals surface area contributed by atoms with E-state index in [0.717, 1.165) is 0 Å². The Kier molecular flexibility index (Phi) is 6.30. The monoisotopic (exact) mass is 447 g/mol. The van der Waals surface area contributed by atoms with Crippen molar-refractivity contribution in [2.75, 3.05) is 11.1 Å². The van der Waals surface area contributed by atoms with Gasteiger partial charge in [-0.1, -0.05) is 18.2 Å². The van der Waals surface area contributed by atoms with Crippen molar-refractivity contribution in [3.63, 3.8) is 0 Å². The van der Waals surface area contributed by atoms with Crippen LogP contribution in [-0.4, -0.2) is 56.7 Å². The molecule has 0 spiro atoms. The number of nitrogens with zero attached hydrogens (tertiary/aromatic N) is 1. The van der Waals surface area contributed by atoms with Gasteiger partial charge in [0.15, 0.2) is 0 Å². The minimum Gasteiger partial charge on any atom is -0.477 e. The molecule has 166 valence electrons. The summed E-state index contributed by atoms with van der Waals surface area (Å²) in [6.07, 6.45) is -0.694. The Hall–Kier alpha value is -3.01. The molecule has 2 aliphatic heterocycles. The third-order valence-electron chi connectivity index (χ3n) is 4.68. The Labute approximate surface area is 184 Å². The van der Waals surface area contributed by atoms with Crippen molar-refractivity contribution >= 4 is 41.3 Å². The van der Waals surface area contributed by atoms with E-state index in [1.54, 1.807) is 52.0 Å². The normalized spacial score (nSPS) is 20.5. The highest BCUT2D eigenvalue weighted by Gasteiger charge is 2.53. The van der Waals surface area contributed by atoms with Crippen molar-refractivity contribution in [1.82, 2.24) is 10.2 Å². The summed E-state index contributed by atoms with van der Waals surface area (Å²) in [6, 6.07) is 6.04. The third kappa shape index (κ3) is 5.01. The minimum atomic E-state index is -1.15. The van der Waals surface area contributed by atoms with E-state index in [0.29, 0.717) is 22.6 Å². The van der Waals surface area contributed by atoms with Crippen LogP contribution in [0.5, 0.6) is 0 Å². The molecule has 3 N–H and O–H groups in total. The van der Waals surface area contributed by atoms with Gasteiger partial charge in [-0.3, -0.25) is 19.8 Å². The molecule has 1 aromatic carbocycles. The second-order valence-corrected chi connectivity index (χ2v) is 9.45. The molecule has 0 saturated carbocycles. The maximum atomic E-state index is 12.6. The number of carboxylic acid groups (broad SMARTS) is 1. The van der Waals surface area contributed by atoms with Gasteiger partial charge in [0.1, 0.15) is 22.7 Å². The van der Waals surface area contributed by atoms with Crippen LogP contribution < -0.4 is 10.6 Å². The summed E-state index contributed by atoms with van der Waals surface area (Å²) in [5.74, 6) is -1.52. The number of carbonyl (C=O) groups is 4. The van der Waals surface area contributed by atoms with E-state index in [-0.39, 0.29) is 12.1 Å². The highest BCUT2D eigenvalue weighted by molar-refractivity contribution is 8.00. The lowest BCUT2D eigenvalue weighted by atomic mass is 10.0. The first-order valence-electron chi connectivity index (χ1n) is 9.73. The number of anilines is 1. The Balaban J connectivity index is 1.65. The molecule has 3 rings (SSSR count). The van der Waals surface area contributed by atoms with Crippen molar-refractivity contribution in [2.45, 2.75) is 51.1 Å². The van der Waals surface area contributed by atoms with Crippen LogP contribution in [0.1, 0.15) is 33.3 Å². The van der Waals surface area contributed by atoms with Crippen molar-refractivity contribution in [3.05, 3.63) is 41.1 Å². The molecule has 0 bridgehead atoms. The number of rotatable bonds is 5. The minimum absolute atomic E-state index is 0.00819. The van der Waals surface area contributed by atoms with Crippen LogP contribution in [0.4, 0.5) is 10.5 Å². The fourth-order valence-electron chi connectivity index (χ4n) is 3.38. The topological polar surface area (TPSA) is 125 Å². The van der Waals surface area contributed by atoms with Crippen LogP contribution in [0.25, 0.3) is 0 Å². The summed E-state index contributed by atoms with van der Waals surface area (Å²) in [5.41, 5.74) is 0.951. The number of aliphatic carboxylic acids is 1. The number of fused-ring (bicyclic) bond motifs is 1. The van der Waals surface area contributed by atoms with Gasteiger partial charge in [0.2, 0.25) is 5.91 Å². The lowest BCUT2D eigenvalue weighted by Crippen LogP contribution is -2.70. The first-order chi connectivity index (χ1) is 14.5. The molecule has 0 aliphatic carbocycles. The zero-order valence-electron chi connectivity index (χ0n) is 17.7. The predicted molar refractivity (Wildman–Crippen MR) is 115 cm³/mol. The number of hydrogen-bond donors (Lipinski definition) is 3. The van der Waals surface area contributed by atoms with Gasteiger partial charge in [-0.05, 0) is 44.9 Å². The smallest absolute Gasteiger partial charge is 0.412 e. The van der Waals surface area contributed by atoms with Crippen LogP contribution in [0.3, 0.4) is 0 Å². The lowest BCUT2D eigenvalue weighted by molar-refractivity contribution is -0.150. The predicted octanol–water partition coefficient (Wildman–Crippen LogP) is 2.33. The van der Waals surface area contributed by atoms with Gasteiger partial charge in [-0.2, -0.15) is 0 Å². The second kappa shape index (κ2) is 8.62. The van der Waals surface area contributed by atoms with Gasteiger partial charge in [0.05, 0.1) is 6.42 Å². The number of benzene rings is 1. The third-order valence-corrected chi connectivity index (χ3v) is 6.11. The second-order valence-electron chi connectivity index (χ2n) is 8.35. The van der Waals surface area contributed by atoms with E-state index in [9.17, 15) is 24.3 Å². The fraction of sp³-hybridized carbons (Fsp3) is 0.429. The van der Waals surface area contributed by atoms with Crippen LogP contribution in [-0.2, 0) is 25.5 Å². The highest BCUT2D eigenvalue weighted by atomic mass is 32.2. The van der Waals surface area contributed by atoms with E-state index in [4.69, 9.17) is 4.74 Å². The molecule has 0 radical (unpaired) electrons. The Morgan fingerprint density at radius 3 is 2.58 bits per heavy atom. The highest BCUT2D eigenvalue weighted by Crippen LogP contribution is 2.40. The van der Waals surface area contributed by atoms with E-state index in [1.165, 1.54) is 16.7 Å². The van der Waals surface area contributed by atoms with Gasteiger partial charge in [-0.25, -0.2) is 9.59 Å². The quantitative estimate of drug-likeness (QED) is 0.592. The first-order valence-corrected chi connectivity index (χ1v) is 10.8. The Morgan fingerprint density at radius 2 is 1.94 bits per heavy atom. The molecule has 9 nitrogen and oxygen atoms in total. The number of β-lactam (4-membered cyclic amide) rings is 1. The lowest BCUT2D eigenvalue weighted by Gasteiger charge is -2.49. The maximum absolute atomic E-state index is 12.6. The molecule has 1 saturated heterocycles. The molecule has 31 heavy (non-hydrogen) atoms. The summed E-state index contributed by atoms with van der Waals surface area (Å²) < 4.78 is 5.25. The number of thioether (sulfide) groups is 1. The average Bonchev–Trinajstić information content (AvgIpc) is 2.65. The van der Waals surface area contributed by atoms with Gasteiger partial charge < -0.3 is 15.2 Å². The maximum Gasteiger partial charge on any atom is 0.412 e. The van der Waals surface area contributed by atoms with Gasteiger partial charge in [-0.15, -0.1) is 11.8 Å². The van der Waals surface area contributed by atoms with Crippen molar-refractivity contribution in [3.8, 4) is 0 Å². The summed E-state index contributed by atoms with van der Waals surface area (Å²) >= 11 is 1.41. The van der Waals surface area contributed by atoms with Crippen LogP contribution in [0, 0.1) is 0 Å². The summed E-state index contributed by atoms with van der Waals surface area (Å²) in [4.78, 5) is 49.9. The molecule has 10 heteroatoms. The standard InChI is InChI=1S/C21H25N3O6S/c1-11-10-31-18-15(17(26)24(18)16(11)19(27)28)23-14(25)9-12-7-5-6-8-13(12)22-20(29)30-21(2,3)4/h5-8,15,18H,9-10H2,1-4H3,(H,22,29)(H,23,25)(H,27,28)/t15?,18-/m1/s1. The van der Waals surface area contributed by atoms with E-state index < -0.39 is 40.9 Å². The van der Waals surface area contributed by atoms with E-state index >= 15 is 0 Å². The zero-order chi connectivity index (χ0) is 22.9. The molecular formula is C21H25N3O6S. The molecule has 1 fully saturated rings. The average molecular weight is 448 g/mol. The summed E-state index contributed by atoms with van der Waals surface area (Å²) in [5, 5.41) is 14.3. The molecule has 2 aliphatic rings. The Morgan fingerprint density at radius 1 is 1.26 bits per heavy atom. The van der Waals surface area contributed by atoms with Gasteiger partial charge >= 0.3 is 12.1 Å². The van der Waals surface area contributed by atoms with E-state index in [1.807, 2.05) is 0 Å². The van der Waals surface area contributed by atoms with Crippen LogP contribution in [0.2, 0.25) is 0 Å². The first kappa shape index (κ1) is 22.7. The molecule has 2 atom stereocenters. The van der Waals surface area contributed by atoms with Crippen molar-refractivity contribution < 1.29 is 29.0 Å². The largest absolute Gasteiger partial charge is 0.477 e. The van der Waals surface area contributed by atoms with Gasteiger partial charge in [0.25, 0.3) is 5.91 Å². The molecule has 3 amide bonds. The number of carbonyl (C=O) groups excluding carboxylic acids is 3. The summed E-state index contributed by atoms with van der Waals surface area (Å²) in [6.45, 7) is 6.93. The number of amides is 3. The molecule has 0 aromatic heterocycles. The zero-order valence-corrected chi connectivity index (χ0v) is 18.5. The molecule has 1 unspecified atom stereocenters.